The number of amides is 1. The van der Waals surface area contributed by atoms with Crippen molar-refractivity contribution in [3.05, 3.63) is 65.4 Å². The SMILES string of the molecule is COc1ncc(Cl)cc1S(=O)(=O)Nc1ccc(F)c(-c2ccc3nc(N[C@H]4C[C@H](C(=O)O)N(C(=O)OC(C)(C)C)C4)ncc3c2)c1F. The topological polar surface area (TPSA) is 173 Å². The van der Waals surface area contributed by atoms with Gasteiger partial charge in [0.1, 0.15) is 17.5 Å². The number of nitrogens with one attached hydrogen (secondary N) is 2. The van der Waals surface area contributed by atoms with Crippen molar-refractivity contribution in [3.8, 4) is 17.0 Å². The van der Waals surface area contributed by atoms with E-state index in [1.54, 1.807) is 20.8 Å². The molecule has 5 rings (SSSR count). The lowest BCUT2D eigenvalue weighted by Gasteiger charge is -2.26. The number of rotatable bonds is 8. The van der Waals surface area contributed by atoms with E-state index in [4.69, 9.17) is 21.1 Å². The van der Waals surface area contributed by atoms with Crippen LogP contribution in [0.3, 0.4) is 0 Å². The predicted octanol–water partition coefficient (Wildman–Crippen LogP) is 5.31. The third-order valence-electron chi connectivity index (χ3n) is 7.02. The molecule has 0 unspecified atom stereocenters. The van der Waals surface area contributed by atoms with Gasteiger partial charge in [-0.15, -0.1) is 0 Å². The fourth-order valence-electron chi connectivity index (χ4n) is 4.99. The van der Waals surface area contributed by atoms with Crippen molar-refractivity contribution in [2.75, 3.05) is 23.7 Å². The molecule has 1 aliphatic heterocycles. The average molecular weight is 691 g/mol. The zero-order valence-electron chi connectivity index (χ0n) is 25.4. The number of carboxylic acids is 1. The largest absolute Gasteiger partial charge is 0.480 e. The minimum atomic E-state index is -4.46. The van der Waals surface area contributed by atoms with Crippen molar-refractivity contribution in [1.82, 2.24) is 19.9 Å². The van der Waals surface area contributed by atoms with Gasteiger partial charge in [0.2, 0.25) is 11.8 Å². The van der Waals surface area contributed by atoms with Gasteiger partial charge >= 0.3 is 12.1 Å². The van der Waals surface area contributed by atoms with Gasteiger partial charge < -0.3 is 19.9 Å². The van der Waals surface area contributed by atoms with Gasteiger partial charge in [-0.1, -0.05) is 17.7 Å². The lowest BCUT2D eigenvalue weighted by Crippen LogP contribution is -2.43. The molecule has 1 saturated heterocycles. The maximum Gasteiger partial charge on any atom is 0.411 e. The molecule has 0 bridgehead atoms. The summed E-state index contributed by atoms with van der Waals surface area (Å²) in [6.07, 6.45) is 1.92. The van der Waals surface area contributed by atoms with Gasteiger partial charge in [0.05, 0.1) is 28.9 Å². The number of methoxy groups -OCH3 is 1. The molecule has 1 fully saturated rings. The number of benzene rings is 2. The summed E-state index contributed by atoms with van der Waals surface area (Å²) >= 11 is 5.90. The quantitative estimate of drug-likeness (QED) is 0.219. The highest BCUT2D eigenvalue weighted by atomic mass is 35.5. The van der Waals surface area contributed by atoms with Crippen molar-refractivity contribution < 1.29 is 41.4 Å². The Labute approximate surface area is 272 Å². The summed E-state index contributed by atoms with van der Waals surface area (Å²) in [4.78, 5) is 37.7. The number of anilines is 2. The molecule has 2 aromatic carbocycles. The Morgan fingerprint density at radius 3 is 2.53 bits per heavy atom. The van der Waals surface area contributed by atoms with Crippen LogP contribution in [-0.4, -0.2) is 76.8 Å². The second kappa shape index (κ2) is 12.8. The van der Waals surface area contributed by atoms with Gasteiger partial charge in [0, 0.05) is 36.8 Å². The van der Waals surface area contributed by atoms with E-state index in [1.807, 2.05) is 0 Å². The summed E-state index contributed by atoms with van der Waals surface area (Å²) in [5, 5.41) is 13.1. The lowest BCUT2D eigenvalue weighted by molar-refractivity contribution is -0.142. The van der Waals surface area contributed by atoms with Crippen LogP contribution in [0.5, 0.6) is 5.88 Å². The van der Waals surface area contributed by atoms with Crippen molar-refractivity contribution in [3.63, 3.8) is 0 Å². The first-order chi connectivity index (χ1) is 22.1. The predicted molar refractivity (Wildman–Crippen MR) is 168 cm³/mol. The molecule has 248 valence electrons. The molecule has 4 aromatic rings. The maximum atomic E-state index is 15.7. The molecule has 1 amide bonds. The number of likely N-dealkylation sites (tertiary alicyclic amines) is 1. The van der Waals surface area contributed by atoms with Crippen LogP contribution in [0.4, 0.5) is 25.2 Å². The number of halogens is 3. The van der Waals surface area contributed by atoms with Crippen LogP contribution in [-0.2, 0) is 19.6 Å². The molecule has 17 heteroatoms. The highest BCUT2D eigenvalue weighted by molar-refractivity contribution is 7.92. The highest BCUT2D eigenvalue weighted by Crippen LogP contribution is 2.34. The third-order valence-corrected chi connectivity index (χ3v) is 8.59. The molecule has 1 aliphatic rings. The summed E-state index contributed by atoms with van der Waals surface area (Å²) in [6.45, 7) is 5.07. The number of nitrogens with zero attached hydrogens (tertiary/aromatic N) is 4. The summed E-state index contributed by atoms with van der Waals surface area (Å²) in [7, 11) is -3.25. The van der Waals surface area contributed by atoms with Crippen LogP contribution < -0.4 is 14.8 Å². The monoisotopic (exact) mass is 690 g/mol. The van der Waals surface area contributed by atoms with E-state index < -0.39 is 67.6 Å². The van der Waals surface area contributed by atoms with Gasteiger partial charge in [-0.2, -0.15) is 0 Å². The van der Waals surface area contributed by atoms with Crippen LogP contribution in [0.2, 0.25) is 5.02 Å². The number of hydrogen-bond acceptors (Lipinski definition) is 10. The first kappa shape index (κ1) is 33.5. The van der Waals surface area contributed by atoms with Crippen LogP contribution in [0, 0.1) is 11.6 Å². The van der Waals surface area contributed by atoms with E-state index in [9.17, 15) is 23.1 Å². The lowest BCUT2D eigenvalue weighted by atomic mass is 10.0. The van der Waals surface area contributed by atoms with Crippen molar-refractivity contribution in [2.24, 2.45) is 0 Å². The van der Waals surface area contributed by atoms with Crippen molar-refractivity contribution in [2.45, 2.75) is 49.8 Å². The maximum absolute atomic E-state index is 15.7. The molecule has 13 nitrogen and oxygen atoms in total. The normalized spacial score (nSPS) is 16.6. The van der Waals surface area contributed by atoms with E-state index in [0.29, 0.717) is 10.9 Å². The Kier molecular flexibility index (Phi) is 9.10. The molecule has 47 heavy (non-hydrogen) atoms. The number of pyridine rings is 1. The van der Waals surface area contributed by atoms with Crippen LogP contribution >= 0.6 is 11.6 Å². The Hall–Kier alpha value is -4.83. The van der Waals surface area contributed by atoms with Gasteiger partial charge in [-0.05, 0) is 56.7 Å². The van der Waals surface area contributed by atoms with E-state index >= 15 is 8.78 Å². The minimum Gasteiger partial charge on any atom is -0.480 e. The summed E-state index contributed by atoms with van der Waals surface area (Å²) in [5.41, 5.74) is -1.38. The fourth-order valence-corrected chi connectivity index (χ4v) is 6.42. The zero-order valence-corrected chi connectivity index (χ0v) is 27.0. The Balaban J connectivity index is 1.38. The fraction of sp³-hybridized carbons (Fsp3) is 0.300. The van der Waals surface area contributed by atoms with Crippen molar-refractivity contribution in [1.29, 1.82) is 0 Å². The van der Waals surface area contributed by atoms with Gasteiger partial charge in [-0.3, -0.25) is 9.62 Å². The van der Waals surface area contributed by atoms with E-state index in [-0.39, 0.29) is 35.4 Å². The molecule has 0 saturated carbocycles. The number of ether oxygens (including phenoxy) is 2. The number of fused-ring (bicyclic) bond motifs is 1. The van der Waals surface area contributed by atoms with Gasteiger partial charge in [0.15, 0.2) is 10.7 Å². The number of carbonyl (C=O) groups excluding carboxylic acids is 1. The first-order valence-corrected chi connectivity index (χ1v) is 15.9. The number of carbonyl (C=O) groups is 2. The number of aromatic nitrogens is 3. The molecule has 2 atom stereocenters. The number of carboxylic acid groups (broad SMARTS) is 1. The molecular formula is C30H29ClF2N6O7S. The zero-order chi connectivity index (χ0) is 34.3. The van der Waals surface area contributed by atoms with Crippen molar-refractivity contribution >= 4 is 56.2 Å². The molecule has 0 radical (unpaired) electrons. The Bertz CT molecular complexity index is 1990. The van der Waals surface area contributed by atoms with E-state index in [2.05, 4.69) is 25.0 Å². The van der Waals surface area contributed by atoms with Gasteiger partial charge in [-0.25, -0.2) is 41.7 Å². The molecule has 0 aliphatic carbocycles. The second-order valence-corrected chi connectivity index (χ2v) is 13.7. The Morgan fingerprint density at radius 2 is 1.85 bits per heavy atom. The van der Waals surface area contributed by atoms with Crippen LogP contribution in [0.15, 0.2) is 53.7 Å². The van der Waals surface area contributed by atoms with Gasteiger partial charge in [0.25, 0.3) is 10.0 Å². The first-order valence-electron chi connectivity index (χ1n) is 14.0. The van der Waals surface area contributed by atoms with Crippen LogP contribution in [0.1, 0.15) is 27.2 Å². The summed E-state index contributed by atoms with van der Waals surface area (Å²) < 4.78 is 69.4. The smallest absolute Gasteiger partial charge is 0.411 e. The third kappa shape index (κ3) is 7.28. The average Bonchev–Trinajstić information content (AvgIpc) is 3.42. The second-order valence-electron chi connectivity index (χ2n) is 11.6. The van der Waals surface area contributed by atoms with E-state index in [1.165, 1.54) is 37.7 Å². The standard InChI is InChI=1S/C30H29ClF2N6O7S/c1-30(2,3)46-29(42)39-14-18(11-22(39)27(40)41)36-28-35-12-16-9-15(5-7-20(16)37-28)24-19(32)6-8-21(25(24)33)38-47(43,44)23-10-17(31)13-34-26(23)45-4/h5-10,12-13,18,22,38H,11,14H2,1-4H3,(H,40,41)(H,35,36,37)/t18-,22+/m0/s1. The summed E-state index contributed by atoms with van der Waals surface area (Å²) in [6, 6.07) is 5.67. The Morgan fingerprint density at radius 1 is 1.11 bits per heavy atom. The molecule has 3 heterocycles. The number of sulfonamides is 1. The molecular weight excluding hydrogens is 662 g/mol. The molecule has 3 N–H and O–H groups in total. The summed E-state index contributed by atoms with van der Waals surface area (Å²) in [5.74, 6) is -3.43. The van der Waals surface area contributed by atoms with E-state index in [0.717, 1.165) is 23.1 Å². The van der Waals surface area contributed by atoms with Crippen LogP contribution in [0.25, 0.3) is 22.0 Å². The number of hydrogen-bond donors (Lipinski definition) is 3. The minimum absolute atomic E-state index is 0.00125. The number of aliphatic carboxylic acids is 1. The molecule has 0 spiro atoms. The highest BCUT2D eigenvalue weighted by Gasteiger charge is 2.42. The molecule has 2 aromatic heterocycles.